The van der Waals surface area contributed by atoms with Crippen LogP contribution in [0.2, 0.25) is 5.02 Å². The first-order valence-electron chi connectivity index (χ1n) is 2.80. The van der Waals surface area contributed by atoms with Crippen molar-refractivity contribution in [3.05, 3.63) is 29.3 Å². The van der Waals surface area contributed by atoms with Gasteiger partial charge in [-0.1, -0.05) is 11.6 Å². The molecule has 0 bridgehead atoms. The maximum absolute atomic E-state index is 8.44. The first-order chi connectivity index (χ1) is 5.18. The second kappa shape index (κ2) is 3.88. The zero-order chi connectivity index (χ0) is 8.27. The molecule has 11 heavy (non-hydrogen) atoms. The quantitative estimate of drug-likeness (QED) is 0.704. The second-order valence-corrected chi connectivity index (χ2v) is 2.92. The fourth-order valence-corrected chi connectivity index (χ4v) is 1.03. The first kappa shape index (κ1) is 8.75. The molecule has 0 aliphatic carbocycles. The average molecular weight is 193 g/mol. The molecule has 5 heteroatoms. The molecule has 0 aromatic heterocycles. The maximum Gasteiger partial charge on any atom is 0.391 e. The molecule has 0 heterocycles. The molecule has 0 fully saturated rings. The lowest BCUT2D eigenvalue weighted by molar-refractivity contribution is 0.375. The largest absolute Gasteiger partial charge is 0.427 e. The van der Waals surface area contributed by atoms with Crippen LogP contribution in [-0.4, -0.2) is 9.79 Å². The summed E-state index contributed by atoms with van der Waals surface area (Å²) in [4.78, 5) is 16.9. The summed E-state index contributed by atoms with van der Waals surface area (Å²) < 4.78 is 4.59. The Morgan fingerprint density at radius 2 is 1.73 bits per heavy atom. The summed E-state index contributed by atoms with van der Waals surface area (Å²) in [5.74, 6) is 0.394. The van der Waals surface area contributed by atoms with Crippen molar-refractivity contribution in [1.29, 1.82) is 0 Å². The Bertz CT molecular complexity index is 224. The lowest BCUT2D eigenvalue weighted by Gasteiger charge is -2.03. The van der Waals surface area contributed by atoms with E-state index in [2.05, 4.69) is 4.52 Å². The van der Waals surface area contributed by atoms with E-state index in [0.29, 0.717) is 10.8 Å². The molecule has 1 rings (SSSR count). The van der Waals surface area contributed by atoms with Crippen molar-refractivity contribution in [3.63, 3.8) is 0 Å². The molecular formula is C6H6ClO3P. The van der Waals surface area contributed by atoms with Gasteiger partial charge in [-0.2, -0.15) is 0 Å². The van der Waals surface area contributed by atoms with E-state index in [1.807, 2.05) is 0 Å². The van der Waals surface area contributed by atoms with Crippen LogP contribution in [0.4, 0.5) is 0 Å². The highest BCUT2D eigenvalue weighted by molar-refractivity contribution is 7.39. The van der Waals surface area contributed by atoms with Gasteiger partial charge in [0.15, 0.2) is 0 Å². The van der Waals surface area contributed by atoms with Gasteiger partial charge in [0.05, 0.1) is 0 Å². The molecule has 0 saturated heterocycles. The van der Waals surface area contributed by atoms with E-state index in [4.69, 9.17) is 21.4 Å². The van der Waals surface area contributed by atoms with Crippen LogP contribution < -0.4 is 4.52 Å². The number of rotatable bonds is 2. The van der Waals surface area contributed by atoms with Crippen LogP contribution in [0.5, 0.6) is 5.75 Å². The molecule has 0 unspecified atom stereocenters. The third-order valence-electron chi connectivity index (χ3n) is 1.00. The van der Waals surface area contributed by atoms with E-state index in [1.165, 1.54) is 0 Å². The number of hydrogen-bond acceptors (Lipinski definition) is 3. The van der Waals surface area contributed by atoms with E-state index >= 15 is 0 Å². The molecule has 0 atom stereocenters. The molecule has 0 aliphatic rings. The molecule has 1 aromatic carbocycles. The highest BCUT2D eigenvalue weighted by Crippen LogP contribution is 2.29. The zero-order valence-corrected chi connectivity index (χ0v) is 7.09. The highest BCUT2D eigenvalue weighted by Gasteiger charge is 2.00. The average Bonchev–Trinajstić information content (AvgIpc) is 1.93. The van der Waals surface area contributed by atoms with Crippen LogP contribution in [0.1, 0.15) is 0 Å². The van der Waals surface area contributed by atoms with Crippen molar-refractivity contribution in [2.24, 2.45) is 0 Å². The minimum absolute atomic E-state index is 0.394. The van der Waals surface area contributed by atoms with Crippen LogP contribution in [0.25, 0.3) is 0 Å². The Morgan fingerprint density at radius 3 is 2.18 bits per heavy atom. The first-order valence-corrected chi connectivity index (χ1v) is 4.34. The van der Waals surface area contributed by atoms with Gasteiger partial charge in [-0.05, 0) is 24.3 Å². The van der Waals surface area contributed by atoms with Gasteiger partial charge in [-0.15, -0.1) is 0 Å². The molecule has 0 aliphatic heterocycles. The fourth-order valence-electron chi connectivity index (χ4n) is 0.590. The summed E-state index contributed by atoms with van der Waals surface area (Å²) in [6, 6.07) is 6.33. The van der Waals surface area contributed by atoms with Gasteiger partial charge >= 0.3 is 8.60 Å². The van der Waals surface area contributed by atoms with Crippen molar-refractivity contribution in [2.75, 3.05) is 0 Å². The fraction of sp³-hybridized carbons (Fsp3) is 0. The molecule has 3 nitrogen and oxygen atoms in total. The minimum atomic E-state index is -2.33. The normalized spacial score (nSPS) is 10.2. The predicted molar refractivity (Wildman–Crippen MR) is 43.4 cm³/mol. The van der Waals surface area contributed by atoms with Crippen molar-refractivity contribution < 1.29 is 14.3 Å². The smallest absolute Gasteiger partial charge is 0.391 e. The van der Waals surface area contributed by atoms with Gasteiger partial charge in [0.1, 0.15) is 5.75 Å². The Balaban J connectivity index is 2.66. The predicted octanol–water partition coefficient (Wildman–Crippen LogP) is 1.93. The Hall–Kier alpha value is -0.340. The lowest BCUT2D eigenvalue weighted by Crippen LogP contribution is -1.83. The molecule has 0 amide bonds. The van der Waals surface area contributed by atoms with Gasteiger partial charge < -0.3 is 14.3 Å². The third kappa shape index (κ3) is 3.04. The summed E-state index contributed by atoms with van der Waals surface area (Å²) in [5, 5.41) is 0.581. The topological polar surface area (TPSA) is 49.7 Å². The standard InChI is InChI=1S/C6H6ClO3P/c7-5-1-3-6(4-2-5)10-11(8)9/h1-4,8-9H. The third-order valence-corrected chi connectivity index (χ3v) is 1.63. The summed E-state index contributed by atoms with van der Waals surface area (Å²) >= 11 is 5.57. The number of hydrogen-bond donors (Lipinski definition) is 2. The Kier molecular flexibility index (Phi) is 3.09. The molecule has 1 aromatic rings. The van der Waals surface area contributed by atoms with E-state index < -0.39 is 8.60 Å². The van der Waals surface area contributed by atoms with E-state index in [1.54, 1.807) is 24.3 Å². The molecular weight excluding hydrogens is 186 g/mol. The lowest BCUT2D eigenvalue weighted by atomic mass is 10.3. The van der Waals surface area contributed by atoms with Gasteiger partial charge in [0.2, 0.25) is 0 Å². The number of halogens is 1. The maximum atomic E-state index is 8.44. The Labute approximate surface area is 70.2 Å². The summed E-state index contributed by atoms with van der Waals surface area (Å²) in [6.07, 6.45) is 0. The molecule has 60 valence electrons. The molecule has 2 N–H and O–H groups in total. The van der Waals surface area contributed by atoms with Crippen molar-refractivity contribution in [1.82, 2.24) is 0 Å². The monoisotopic (exact) mass is 192 g/mol. The zero-order valence-electron chi connectivity index (χ0n) is 5.44. The van der Waals surface area contributed by atoms with Crippen molar-refractivity contribution in [3.8, 4) is 5.75 Å². The van der Waals surface area contributed by atoms with Crippen molar-refractivity contribution >= 4 is 20.2 Å². The second-order valence-electron chi connectivity index (χ2n) is 1.80. The SMILES string of the molecule is OP(O)Oc1ccc(Cl)cc1. The van der Waals surface area contributed by atoms with Crippen LogP contribution in [0, 0.1) is 0 Å². The molecule has 0 spiro atoms. The van der Waals surface area contributed by atoms with Crippen LogP contribution >= 0.6 is 20.2 Å². The summed E-state index contributed by atoms with van der Waals surface area (Å²) in [7, 11) is -2.33. The molecule has 0 saturated carbocycles. The summed E-state index contributed by atoms with van der Waals surface area (Å²) in [6.45, 7) is 0. The molecule has 0 radical (unpaired) electrons. The Morgan fingerprint density at radius 1 is 1.18 bits per heavy atom. The van der Waals surface area contributed by atoms with Crippen LogP contribution in [0.3, 0.4) is 0 Å². The minimum Gasteiger partial charge on any atom is -0.427 e. The van der Waals surface area contributed by atoms with Gasteiger partial charge in [0.25, 0.3) is 0 Å². The van der Waals surface area contributed by atoms with Gasteiger partial charge in [-0.3, -0.25) is 0 Å². The van der Waals surface area contributed by atoms with Crippen LogP contribution in [-0.2, 0) is 0 Å². The van der Waals surface area contributed by atoms with Gasteiger partial charge in [0, 0.05) is 5.02 Å². The van der Waals surface area contributed by atoms with Crippen molar-refractivity contribution in [2.45, 2.75) is 0 Å². The van der Waals surface area contributed by atoms with Gasteiger partial charge in [-0.25, -0.2) is 0 Å². The highest BCUT2D eigenvalue weighted by atomic mass is 35.5. The summed E-state index contributed by atoms with van der Waals surface area (Å²) in [5.41, 5.74) is 0. The van der Waals surface area contributed by atoms with E-state index in [9.17, 15) is 0 Å². The van der Waals surface area contributed by atoms with E-state index in [0.717, 1.165) is 0 Å². The van der Waals surface area contributed by atoms with E-state index in [-0.39, 0.29) is 0 Å². The number of benzene rings is 1. The van der Waals surface area contributed by atoms with Crippen LogP contribution in [0.15, 0.2) is 24.3 Å².